The molecule has 0 bridgehead atoms. The van der Waals surface area contributed by atoms with Crippen molar-refractivity contribution < 1.29 is 9.21 Å². The minimum atomic E-state index is 0.649. The summed E-state index contributed by atoms with van der Waals surface area (Å²) in [7, 11) is 3.98. The van der Waals surface area contributed by atoms with Gasteiger partial charge in [0, 0.05) is 11.1 Å². The maximum atomic E-state index is 10.5. The third-order valence-corrected chi connectivity index (χ3v) is 2.51. The second kappa shape index (κ2) is 6.03. The Morgan fingerprint density at radius 2 is 1.84 bits per heavy atom. The van der Waals surface area contributed by atoms with Gasteiger partial charge in [0.15, 0.2) is 5.76 Å². The zero-order valence-electron chi connectivity index (χ0n) is 11.0. The van der Waals surface area contributed by atoms with Crippen molar-refractivity contribution in [3.05, 3.63) is 59.0 Å². The summed E-state index contributed by atoms with van der Waals surface area (Å²) in [5.74, 6) is 7.52. The van der Waals surface area contributed by atoms with Crippen molar-refractivity contribution in [1.29, 1.82) is 0 Å². The van der Waals surface area contributed by atoms with Gasteiger partial charge in [-0.25, -0.2) is 0 Å². The fraction of sp³-hybridized carbons (Fsp3) is 0.188. The Morgan fingerprint density at radius 1 is 1.11 bits per heavy atom. The van der Waals surface area contributed by atoms with Gasteiger partial charge in [-0.3, -0.25) is 4.79 Å². The summed E-state index contributed by atoms with van der Waals surface area (Å²) >= 11 is 0. The lowest BCUT2D eigenvalue weighted by Gasteiger charge is -2.04. The van der Waals surface area contributed by atoms with Crippen LogP contribution in [0.5, 0.6) is 0 Å². The Labute approximate surface area is 112 Å². The molecule has 0 amide bonds. The number of carbonyl (C=O) groups excluding carboxylic acids is 1. The fourth-order valence-electron chi connectivity index (χ4n) is 1.62. The van der Waals surface area contributed by atoms with E-state index in [1.165, 1.54) is 0 Å². The van der Waals surface area contributed by atoms with Gasteiger partial charge in [-0.1, -0.05) is 18.1 Å². The molecular formula is C16H15NO2. The molecule has 1 aromatic carbocycles. The van der Waals surface area contributed by atoms with E-state index in [-0.39, 0.29) is 0 Å². The predicted octanol–water partition coefficient (Wildman–Crippen LogP) is 2.55. The van der Waals surface area contributed by atoms with Crippen LogP contribution in [-0.2, 0) is 6.54 Å². The van der Waals surface area contributed by atoms with Crippen molar-refractivity contribution in [2.75, 3.05) is 14.1 Å². The van der Waals surface area contributed by atoms with E-state index in [0.717, 1.165) is 24.2 Å². The van der Waals surface area contributed by atoms with Crippen molar-refractivity contribution in [3.63, 3.8) is 0 Å². The van der Waals surface area contributed by atoms with Crippen LogP contribution in [0.2, 0.25) is 0 Å². The van der Waals surface area contributed by atoms with Crippen LogP contribution in [0, 0.1) is 11.8 Å². The lowest BCUT2D eigenvalue weighted by atomic mass is 10.1. The standard InChI is InChI=1S/C16H15NO2/c1-17(2)11-16-10-9-15(19-16)8-7-13-3-5-14(12-18)6-4-13/h3-6,9-10,12H,11H2,1-2H3. The van der Waals surface area contributed by atoms with Crippen LogP contribution in [0.15, 0.2) is 40.8 Å². The first kappa shape index (κ1) is 13.1. The normalized spacial score (nSPS) is 10.1. The average molecular weight is 253 g/mol. The van der Waals surface area contributed by atoms with E-state index in [9.17, 15) is 4.79 Å². The van der Waals surface area contributed by atoms with Gasteiger partial charge in [0.05, 0.1) is 6.54 Å². The first-order chi connectivity index (χ1) is 9.17. The lowest BCUT2D eigenvalue weighted by Crippen LogP contribution is -2.09. The highest BCUT2D eigenvalue weighted by Gasteiger charge is 2.00. The van der Waals surface area contributed by atoms with Crippen LogP contribution in [0.4, 0.5) is 0 Å². The first-order valence-electron chi connectivity index (χ1n) is 5.98. The topological polar surface area (TPSA) is 33.5 Å². The number of benzene rings is 1. The molecule has 0 fully saturated rings. The minimum absolute atomic E-state index is 0.649. The largest absolute Gasteiger partial charge is 0.451 e. The van der Waals surface area contributed by atoms with Crippen LogP contribution in [-0.4, -0.2) is 25.3 Å². The van der Waals surface area contributed by atoms with Crippen LogP contribution >= 0.6 is 0 Å². The monoisotopic (exact) mass is 253 g/mol. The number of furan rings is 1. The Bertz CT molecular complexity index is 612. The first-order valence-corrected chi connectivity index (χ1v) is 5.98. The molecule has 0 aliphatic carbocycles. The summed E-state index contributed by atoms with van der Waals surface area (Å²) in [6.07, 6.45) is 0.817. The minimum Gasteiger partial charge on any atom is -0.451 e. The Balaban J connectivity index is 2.10. The number of carbonyl (C=O) groups is 1. The van der Waals surface area contributed by atoms with E-state index in [4.69, 9.17) is 4.42 Å². The number of rotatable bonds is 3. The molecule has 96 valence electrons. The van der Waals surface area contributed by atoms with Crippen molar-refractivity contribution in [2.45, 2.75) is 6.54 Å². The summed E-state index contributed by atoms with van der Waals surface area (Å²) in [4.78, 5) is 12.6. The van der Waals surface area contributed by atoms with E-state index >= 15 is 0 Å². The van der Waals surface area contributed by atoms with Crippen LogP contribution in [0.3, 0.4) is 0 Å². The summed E-state index contributed by atoms with van der Waals surface area (Å²) in [6.45, 7) is 0.760. The van der Waals surface area contributed by atoms with Gasteiger partial charge in [0.1, 0.15) is 12.0 Å². The highest BCUT2D eigenvalue weighted by molar-refractivity contribution is 5.74. The van der Waals surface area contributed by atoms with Crippen LogP contribution in [0.25, 0.3) is 0 Å². The van der Waals surface area contributed by atoms with Crippen molar-refractivity contribution in [2.24, 2.45) is 0 Å². The molecule has 19 heavy (non-hydrogen) atoms. The van der Waals surface area contributed by atoms with Gasteiger partial charge in [-0.2, -0.15) is 0 Å². The summed E-state index contributed by atoms with van der Waals surface area (Å²) in [6, 6.07) is 10.9. The number of hydrogen-bond donors (Lipinski definition) is 0. The average Bonchev–Trinajstić information content (AvgIpc) is 2.84. The number of hydrogen-bond acceptors (Lipinski definition) is 3. The third-order valence-electron chi connectivity index (χ3n) is 2.51. The predicted molar refractivity (Wildman–Crippen MR) is 73.9 cm³/mol. The van der Waals surface area contributed by atoms with Crippen LogP contribution < -0.4 is 0 Å². The van der Waals surface area contributed by atoms with Crippen molar-refractivity contribution in [3.8, 4) is 11.8 Å². The number of aldehydes is 1. The molecule has 3 heteroatoms. The molecule has 1 heterocycles. The summed E-state index contributed by atoms with van der Waals surface area (Å²) in [5, 5.41) is 0. The number of nitrogens with zero attached hydrogens (tertiary/aromatic N) is 1. The molecule has 0 aliphatic heterocycles. The van der Waals surface area contributed by atoms with E-state index in [1.807, 2.05) is 43.3 Å². The Kier molecular flexibility index (Phi) is 4.17. The summed E-state index contributed by atoms with van der Waals surface area (Å²) in [5.41, 5.74) is 1.51. The van der Waals surface area contributed by atoms with Gasteiger partial charge in [-0.15, -0.1) is 0 Å². The van der Waals surface area contributed by atoms with E-state index in [1.54, 1.807) is 12.1 Å². The highest BCUT2D eigenvalue weighted by atomic mass is 16.3. The fourth-order valence-corrected chi connectivity index (χ4v) is 1.62. The van der Waals surface area contributed by atoms with Gasteiger partial charge in [-0.05, 0) is 44.3 Å². The smallest absolute Gasteiger partial charge is 0.177 e. The highest BCUT2D eigenvalue weighted by Crippen LogP contribution is 2.08. The molecule has 1 aromatic heterocycles. The molecule has 0 unspecified atom stereocenters. The summed E-state index contributed by atoms with van der Waals surface area (Å²) < 4.78 is 5.59. The quantitative estimate of drug-likeness (QED) is 0.622. The van der Waals surface area contributed by atoms with Gasteiger partial charge >= 0.3 is 0 Å². The van der Waals surface area contributed by atoms with Crippen LogP contribution in [0.1, 0.15) is 27.4 Å². The molecule has 0 radical (unpaired) electrons. The molecule has 0 saturated carbocycles. The van der Waals surface area contributed by atoms with E-state index in [0.29, 0.717) is 11.3 Å². The molecule has 0 N–H and O–H groups in total. The molecule has 0 spiro atoms. The second-order valence-electron chi connectivity index (χ2n) is 4.49. The molecule has 2 rings (SSSR count). The SMILES string of the molecule is CN(C)Cc1ccc(C#Cc2ccc(C=O)cc2)o1. The van der Waals surface area contributed by atoms with E-state index < -0.39 is 0 Å². The Morgan fingerprint density at radius 3 is 2.47 bits per heavy atom. The van der Waals surface area contributed by atoms with Crippen molar-refractivity contribution >= 4 is 6.29 Å². The molecular weight excluding hydrogens is 238 g/mol. The maximum absolute atomic E-state index is 10.5. The molecule has 3 nitrogen and oxygen atoms in total. The molecule has 2 aromatic rings. The van der Waals surface area contributed by atoms with Crippen molar-refractivity contribution in [1.82, 2.24) is 4.90 Å². The Hall–Kier alpha value is -2.31. The second-order valence-corrected chi connectivity index (χ2v) is 4.49. The zero-order chi connectivity index (χ0) is 13.7. The third kappa shape index (κ3) is 3.84. The molecule has 0 aliphatic rings. The zero-order valence-corrected chi connectivity index (χ0v) is 11.0. The maximum Gasteiger partial charge on any atom is 0.177 e. The van der Waals surface area contributed by atoms with Gasteiger partial charge in [0.2, 0.25) is 0 Å². The lowest BCUT2D eigenvalue weighted by molar-refractivity contribution is 0.112. The van der Waals surface area contributed by atoms with Gasteiger partial charge in [0.25, 0.3) is 0 Å². The van der Waals surface area contributed by atoms with Gasteiger partial charge < -0.3 is 9.32 Å². The molecule has 0 saturated heterocycles. The molecule has 0 atom stereocenters. The van der Waals surface area contributed by atoms with E-state index in [2.05, 4.69) is 11.8 Å².